The molecule has 0 bridgehead atoms. The largest absolute Gasteiger partial charge is 0.451 e. The van der Waals surface area contributed by atoms with Crippen molar-refractivity contribution in [1.82, 2.24) is 15.1 Å². The number of rotatable bonds is 9. The van der Waals surface area contributed by atoms with Crippen LogP contribution in [0.4, 0.5) is 0 Å². The first-order valence-corrected chi connectivity index (χ1v) is 12.3. The predicted molar refractivity (Wildman–Crippen MR) is 116 cm³/mol. The normalized spacial score (nSPS) is 17.5. The number of ether oxygens (including phenoxy) is 1. The molecule has 0 unspecified atom stereocenters. The number of aryl methyl sites for hydroxylation is 1. The molecule has 1 aliphatic heterocycles. The number of unbranched alkanes of at least 4 members (excludes halogenated alkanes) is 3. The Balaban J connectivity index is 1.71. The van der Waals surface area contributed by atoms with Gasteiger partial charge in [0.05, 0.1) is 16.9 Å². The molecule has 1 amide bonds. The Hall–Kier alpha value is -2.75. The van der Waals surface area contributed by atoms with Gasteiger partial charge in [-0.05, 0) is 18.9 Å². The molecule has 1 saturated heterocycles. The van der Waals surface area contributed by atoms with E-state index in [0.29, 0.717) is 23.7 Å². The Kier molecular flexibility index (Phi) is 7.42. The van der Waals surface area contributed by atoms with Crippen LogP contribution in [0.3, 0.4) is 0 Å². The molecule has 9 nitrogen and oxygen atoms in total. The highest BCUT2D eigenvalue weighted by atomic mass is 32.2. The van der Waals surface area contributed by atoms with Crippen LogP contribution in [-0.2, 0) is 25.9 Å². The molecular weight excluding hydrogens is 422 g/mol. The summed E-state index contributed by atoms with van der Waals surface area (Å²) in [5.41, 5.74) is -0.300. The zero-order chi connectivity index (χ0) is 22.4. The van der Waals surface area contributed by atoms with Crippen molar-refractivity contribution >= 4 is 32.5 Å². The van der Waals surface area contributed by atoms with Crippen LogP contribution in [-0.4, -0.2) is 54.2 Å². The predicted octanol–water partition coefficient (Wildman–Crippen LogP) is 1.44. The van der Waals surface area contributed by atoms with Gasteiger partial charge in [0.2, 0.25) is 0 Å². The topological polar surface area (TPSA) is 124 Å². The lowest BCUT2D eigenvalue weighted by Gasteiger charge is -2.12. The highest BCUT2D eigenvalue weighted by Crippen LogP contribution is 2.15. The summed E-state index contributed by atoms with van der Waals surface area (Å²) in [5, 5.41) is 7.51. The van der Waals surface area contributed by atoms with E-state index in [1.165, 1.54) is 4.68 Å². The van der Waals surface area contributed by atoms with E-state index in [9.17, 15) is 22.8 Å². The lowest BCUT2D eigenvalue weighted by Crippen LogP contribution is -2.38. The third-order valence-electron chi connectivity index (χ3n) is 5.22. The van der Waals surface area contributed by atoms with Crippen LogP contribution in [0, 0.1) is 0 Å². The summed E-state index contributed by atoms with van der Waals surface area (Å²) < 4.78 is 29.4. The maximum Gasteiger partial charge on any atom is 0.359 e. The van der Waals surface area contributed by atoms with E-state index in [0.717, 1.165) is 25.7 Å². The number of benzene rings is 1. The number of carbonyl (C=O) groups is 2. The summed E-state index contributed by atoms with van der Waals surface area (Å²) >= 11 is 0. The Morgan fingerprint density at radius 3 is 2.61 bits per heavy atom. The van der Waals surface area contributed by atoms with Crippen molar-refractivity contribution in [3.63, 3.8) is 0 Å². The summed E-state index contributed by atoms with van der Waals surface area (Å²) in [6.07, 6.45) is 4.17. The van der Waals surface area contributed by atoms with Gasteiger partial charge in [-0.15, -0.1) is 0 Å². The van der Waals surface area contributed by atoms with Gasteiger partial charge in [0.25, 0.3) is 11.5 Å². The van der Waals surface area contributed by atoms with Gasteiger partial charge in [-0.25, -0.2) is 17.9 Å². The van der Waals surface area contributed by atoms with Gasteiger partial charge >= 0.3 is 5.97 Å². The molecule has 0 spiro atoms. The Labute approximate surface area is 180 Å². The zero-order valence-corrected chi connectivity index (χ0v) is 18.3. The molecule has 1 atom stereocenters. The van der Waals surface area contributed by atoms with Gasteiger partial charge in [0, 0.05) is 18.0 Å². The molecule has 3 rings (SSSR count). The summed E-state index contributed by atoms with van der Waals surface area (Å²) in [4.78, 5) is 37.5. The second kappa shape index (κ2) is 10.0. The Morgan fingerprint density at radius 2 is 1.94 bits per heavy atom. The molecule has 1 N–H and O–H groups in total. The van der Waals surface area contributed by atoms with Gasteiger partial charge < -0.3 is 10.1 Å². The molecule has 1 aliphatic rings. The number of nitrogens with zero attached hydrogens (tertiary/aromatic N) is 2. The average Bonchev–Trinajstić information content (AvgIpc) is 3.09. The summed E-state index contributed by atoms with van der Waals surface area (Å²) in [7, 11) is -3.12. The van der Waals surface area contributed by atoms with Gasteiger partial charge in [0.15, 0.2) is 22.1 Å². The fourth-order valence-corrected chi connectivity index (χ4v) is 5.28. The molecule has 0 saturated carbocycles. The molecule has 2 aromatic rings. The molecule has 0 aliphatic carbocycles. The molecule has 31 heavy (non-hydrogen) atoms. The number of amides is 1. The minimum absolute atomic E-state index is 0.0260. The van der Waals surface area contributed by atoms with E-state index >= 15 is 0 Å². The third kappa shape index (κ3) is 5.90. The van der Waals surface area contributed by atoms with E-state index in [4.69, 9.17) is 4.74 Å². The molecule has 1 aromatic carbocycles. The first kappa shape index (κ1) is 22.9. The quantitative estimate of drug-likeness (QED) is 0.454. The molecule has 2 heterocycles. The average molecular weight is 450 g/mol. The molecule has 1 aromatic heterocycles. The first-order chi connectivity index (χ1) is 14.8. The molecule has 10 heteroatoms. The number of hydrogen-bond acceptors (Lipinski definition) is 7. The van der Waals surface area contributed by atoms with Crippen molar-refractivity contribution in [2.45, 2.75) is 51.6 Å². The number of esters is 1. The lowest BCUT2D eigenvalue weighted by atomic mass is 10.1. The third-order valence-corrected chi connectivity index (χ3v) is 6.98. The maximum absolute atomic E-state index is 12.7. The van der Waals surface area contributed by atoms with Gasteiger partial charge in [0.1, 0.15) is 0 Å². The van der Waals surface area contributed by atoms with Crippen molar-refractivity contribution in [3.8, 4) is 0 Å². The van der Waals surface area contributed by atoms with Crippen molar-refractivity contribution < 1.29 is 22.7 Å². The van der Waals surface area contributed by atoms with Crippen LogP contribution in [0.25, 0.3) is 10.8 Å². The van der Waals surface area contributed by atoms with Gasteiger partial charge in [-0.1, -0.05) is 44.4 Å². The van der Waals surface area contributed by atoms with Crippen LogP contribution in [0.15, 0.2) is 29.1 Å². The van der Waals surface area contributed by atoms with Gasteiger partial charge in [-0.2, -0.15) is 5.10 Å². The van der Waals surface area contributed by atoms with E-state index in [-0.39, 0.29) is 22.8 Å². The SMILES string of the molecule is CCCCCCn1nc(C(=O)OCC(=O)N[C@H]2CCS(=O)(=O)C2)c2ccccc2c1=O. The second-order valence-corrected chi connectivity index (χ2v) is 9.96. The van der Waals surface area contributed by atoms with Crippen LogP contribution in [0.5, 0.6) is 0 Å². The summed E-state index contributed by atoms with van der Waals surface area (Å²) in [5.74, 6) is -1.46. The van der Waals surface area contributed by atoms with Crippen molar-refractivity contribution in [3.05, 3.63) is 40.3 Å². The van der Waals surface area contributed by atoms with Crippen molar-refractivity contribution in [2.24, 2.45) is 0 Å². The number of fused-ring (bicyclic) bond motifs is 1. The number of sulfone groups is 1. The van der Waals surface area contributed by atoms with E-state index in [1.807, 2.05) is 0 Å². The Morgan fingerprint density at radius 1 is 1.19 bits per heavy atom. The highest BCUT2D eigenvalue weighted by Gasteiger charge is 2.29. The van der Waals surface area contributed by atoms with Crippen LogP contribution < -0.4 is 10.9 Å². The number of nitrogens with one attached hydrogen (secondary N) is 1. The number of hydrogen-bond donors (Lipinski definition) is 1. The molecule has 0 radical (unpaired) electrons. The number of carbonyl (C=O) groups excluding carboxylic acids is 2. The first-order valence-electron chi connectivity index (χ1n) is 10.5. The second-order valence-electron chi connectivity index (χ2n) is 7.73. The maximum atomic E-state index is 12.7. The minimum Gasteiger partial charge on any atom is -0.451 e. The van der Waals surface area contributed by atoms with Crippen LogP contribution in [0.2, 0.25) is 0 Å². The van der Waals surface area contributed by atoms with Gasteiger partial charge in [-0.3, -0.25) is 9.59 Å². The highest BCUT2D eigenvalue weighted by molar-refractivity contribution is 7.91. The van der Waals surface area contributed by atoms with E-state index < -0.39 is 34.4 Å². The summed E-state index contributed by atoms with van der Waals surface area (Å²) in [6, 6.07) is 6.18. The fourth-order valence-electron chi connectivity index (χ4n) is 3.60. The Bertz CT molecular complexity index is 1130. The van der Waals surface area contributed by atoms with Crippen molar-refractivity contribution in [1.29, 1.82) is 0 Å². The van der Waals surface area contributed by atoms with E-state index in [1.54, 1.807) is 24.3 Å². The standard InChI is InChI=1S/C21H27N3O6S/c1-2-3-4-7-11-24-20(26)17-9-6-5-8-16(17)19(23-24)21(27)30-13-18(25)22-15-10-12-31(28,29)14-15/h5-6,8-9,15H,2-4,7,10-14H2,1H3,(H,22,25)/t15-/m0/s1. The minimum atomic E-state index is -3.12. The smallest absolute Gasteiger partial charge is 0.359 e. The molecule has 168 valence electrons. The lowest BCUT2D eigenvalue weighted by molar-refractivity contribution is -0.124. The van der Waals surface area contributed by atoms with Crippen molar-refractivity contribution in [2.75, 3.05) is 18.1 Å². The van der Waals surface area contributed by atoms with Crippen LogP contribution in [0.1, 0.15) is 49.5 Å². The van der Waals surface area contributed by atoms with E-state index in [2.05, 4.69) is 17.3 Å². The molecule has 1 fully saturated rings. The monoisotopic (exact) mass is 449 g/mol. The number of aromatic nitrogens is 2. The zero-order valence-electron chi connectivity index (χ0n) is 17.5. The summed E-state index contributed by atoms with van der Waals surface area (Å²) in [6.45, 7) is 1.93. The van der Waals surface area contributed by atoms with Crippen LogP contribution >= 0.6 is 0 Å². The fraction of sp³-hybridized carbons (Fsp3) is 0.524. The molecular formula is C21H27N3O6S.